The molecular formula is C13H15N3O3. The summed E-state index contributed by atoms with van der Waals surface area (Å²) in [6, 6.07) is 4.93. The zero-order chi connectivity index (χ0) is 14.0. The molecule has 0 aliphatic carbocycles. The van der Waals surface area contributed by atoms with Gasteiger partial charge in [0.1, 0.15) is 0 Å². The first-order chi connectivity index (χ1) is 8.95. The number of rotatable bonds is 3. The molecule has 0 aliphatic heterocycles. The first-order valence-electron chi connectivity index (χ1n) is 6.02. The predicted molar refractivity (Wildman–Crippen MR) is 73.3 cm³/mol. The standard InChI is InChI=1S/C13H15N3O3/c1-7(2)5-11(17)14-8-3-4-9-10(6-8)16-13(19)12(18)15-9/h3-4,6-7H,5H2,1-2H3,(H,14,17)(H,15,18)(H,16,19). The van der Waals surface area contributed by atoms with Gasteiger partial charge in [0.05, 0.1) is 11.0 Å². The molecule has 1 aromatic carbocycles. The van der Waals surface area contributed by atoms with Gasteiger partial charge in [0.15, 0.2) is 0 Å². The number of anilines is 1. The Bertz CT molecular complexity index is 728. The molecule has 0 spiro atoms. The fourth-order valence-electron chi connectivity index (χ4n) is 1.78. The number of nitrogens with one attached hydrogen (secondary N) is 3. The van der Waals surface area contributed by atoms with E-state index in [1.165, 1.54) is 0 Å². The van der Waals surface area contributed by atoms with Crippen molar-refractivity contribution in [2.24, 2.45) is 5.92 Å². The van der Waals surface area contributed by atoms with Gasteiger partial charge in [-0.1, -0.05) is 13.8 Å². The van der Waals surface area contributed by atoms with Gasteiger partial charge in [-0.2, -0.15) is 0 Å². The molecule has 0 aliphatic rings. The molecule has 6 nitrogen and oxygen atoms in total. The highest BCUT2D eigenvalue weighted by Crippen LogP contribution is 2.14. The summed E-state index contributed by atoms with van der Waals surface area (Å²) < 4.78 is 0. The summed E-state index contributed by atoms with van der Waals surface area (Å²) in [4.78, 5) is 38.9. The molecule has 0 atom stereocenters. The van der Waals surface area contributed by atoms with Gasteiger partial charge in [-0.25, -0.2) is 0 Å². The van der Waals surface area contributed by atoms with Crippen molar-refractivity contribution >= 4 is 22.6 Å². The number of carbonyl (C=O) groups is 1. The van der Waals surface area contributed by atoms with Crippen molar-refractivity contribution in [1.29, 1.82) is 0 Å². The van der Waals surface area contributed by atoms with Crippen molar-refractivity contribution in [2.75, 3.05) is 5.32 Å². The Labute approximate surface area is 108 Å². The van der Waals surface area contributed by atoms with Crippen LogP contribution in [0.1, 0.15) is 20.3 Å². The molecule has 2 rings (SSSR count). The van der Waals surface area contributed by atoms with Crippen LogP contribution in [0.2, 0.25) is 0 Å². The minimum Gasteiger partial charge on any atom is -0.326 e. The van der Waals surface area contributed by atoms with Crippen LogP contribution in [0.3, 0.4) is 0 Å². The van der Waals surface area contributed by atoms with Crippen LogP contribution in [0.5, 0.6) is 0 Å². The second-order valence-corrected chi connectivity index (χ2v) is 4.81. The summed E-state index contributed by atoms with van der Waals surface area (Å²) in [6.07, 6.45) is 0.431. The molecule has 0 unspecified atom stereocenters. The minimum atomic E-state index is -0.710. The zero-order valence-electron chi connectivity index (χ0n) is 10.7. The van der Waals surface area contributed by atoms with Crippen LogP contribution < -0.4 is 16.4 Å². The molecule has 3 N–H and O–H groups in total. The molecule has 1 aromatic heterocycles. The van der Waals surface area contributed by atoms with Crippen LogP contribution in [0.4, 0.5) is 5.69 Å². The van der Waals surface area contributed by atoms with E-state index in [1.54, 1.807) is 18.2 Å². The number of hydrogen-bond acceptors (Lipinski definition) is 3. The number of aromatic amines is 2. The summed E-state index contributed by atoms with van der Waals surface area (Å²) in [7, 11) is 0. The number of aromatic nitrogens is 2. The normalized spacial score (nSPS) is 10.9. The first kappa shape index (κ1) is 13.1. The maximum absolute atomic E-state index is 11.6. The van der Waals surface area contributed by atoms with Gasteiger partial charge < -0.3 is 15.3 Å². The van der Waals surface area contributed by atoms with Crippen molar-refractivity contribution in [3.05, 3.63) is 38.9 Å². The molecule has 6 heteroatoms. The number of H-pyrrole nitrogens is 2. The molecule has 19 heavy (non-hydrogen) atoms. The van der Waals surface area contributed by atoms with Gasteiger partial charge in [-0.15, -0.1) is 0 Å². The van der Waals surface area contributed by atoms with Crippen LogP contribution in [0.15, 0.2) is 27.8 Å². The Hall–Kier alpha value is -2.37. The minimum absolute atomic E-state index is 0.0823. The van der Waals surface area contributed by atoms with E-state index < -0.39 is 11.1 Å². The summed E-state index contributed by atoms with van der Waals surface area (Å²) in [6.45, 7) is 3.92. The van der Waals surface area contributed by atoms with E-state index in [-0.39, 0.29) is 11.8 Å². The first-order valence-corrected chi connectivity index (χ1v) is 6.02. The Morgan fingerprint density at radius 2 is 1.79 bits per heavy atom. The zero-order valence-corrected chi connectivity index (χ0v) is 10.7. The molecule has 100 valence electrons. The third kappa shape index (κ3) is 3.09. The van der Waals surface area contributed by atoms with Crippen molar-refractivity contribution in [3.8, 4) is 0 Å². The topological polar surface area (TPSA) is 94.8 Å². The van der Waals surface area contributed by atoms with Crippen LogP contribution in [0, 0.1) is 5.92 Å². The van der Waals surface area contributed by atoms with E-state index in [9.17, 15) is 14.4 Å². The van der Waals surface area contributed by atoms with Crippen LogP contribution in [0.25, 0.3) is 11.0 Å². The number of benzene rings is 1. The van der Waals surface area contributed by atoms with E-state index >= 15 is 0 Å². The molecular weight excluding hydrogens is 246 g/mol. The maximum atomic E-state index is 11.6. The fraction of sp³-hybridized carbons (Fsp3) is 0.308. The third-order valence-electron chi connectivity index (χ3n) is 2.60. The lowest BCUT2D eigenvalue weighted by molar-refractivity contribution is -0.116. The molecule has 0 saturated heterocycles. The summed E-state index contributed by atoms with van der Waals surface area (Å²) in [5, 5.41) is 2.75. The monoisotopic (exact) mass is 261 g/mol. The summed E-state index contributed by atoms with van der Waals surface area (Å²) in [5.74, 6) is 0.192. The van der Waals surface area contributed by atoms with Crippen molar-refractivity contribution in [3.63, 3.8) is 0 Å². The van der Waals surface area contributed by atoms with E-state index in [1.807, 2.05) is 13.8 Å². The van der Waals surface area contributed by atoms with E-state index in [2.05, 4.69) is 15.3 Å². The van der Waals surface area contributed by atoms with Crippen molar-refractivity contribution < 1.29 is 4.79 Å². The smallest absolute Gasteiger partial charge is 0.314 e. The molecule has 0 fully saturated rings. The fourth-order valence-corrected chi connectivity index (χ4v) is 1.78. The Balaban J connectivity index is 2.31. The van der Waals surface area contributed by atoms with Gasteiger partial charge in [-0.3, -0.25) is 14.4 Å². The predicted octanol–water partition coefficient (Wildman–Crippen LogP) is 1.20. The van der Waals surface area contributed by atoms with E-state index in [4.69, 9.17) is 0 Å². The highest BCUT2D eigenvalue weighted by Gasteiger charge is 2.06. The van der Waals surface area contributed by atoms with Gasteiger partial charge in [0, 0.05) is 12.1 Å². The van der Waals surface area contributed by atoms with Crippen LogP contribution in [-0.2, 0) is 4.79 Å². The number of amides is 1. The average Bonchev–Trinajstić information content (AvgIpc) is 2.30. The lowest BCUT2D eigenvalue weighted by atomic mass is 10.1. The lowest BCUT2D eigenvalue weighted by Crippen LogP contribution is -2.28. The van der Waals surface area contributed by atoms with Gasteiger partial charge in [0.25, 0.3) is 0 Å². The molecule has 0 saturated carbocycles. The van der Waals surface area contributed by atoms with Crippen LogP contribution >= 0.6 is 0 Å². The second kappa shape index (κ2) is 5.09. The average molecular weight is 261 g/mol. The van der Waals surface area contributed by atoms with Gasteiger partial charge >= 0.3 is 11.1 Å². The molecule has 2 aromatic rings. The lowest BCUT2D eigenvalue weighted by Gasteiger charge is -2.07. The van der Waals surface area contributed by atoms with Gasteiger partial charge in [-0.05, 0) is 24.1 Å². The van der Waals surface area contributed by atoms with E-state index in [0.717, 1.165) is 0 Å². The quantitative estimate of drug-likeness (QED) is 0.724. The summed E-state index contributed by atoms with van der Waals surface area (Å²) >= 11 is 0. The molecule has 1 amide bonds. The second-order valence-electron chi connectivity index (χ2n) is 4.81. The highest BCUT2D eigenvalue weighted by atomic mass is 16.2. The third-order valence-corrected chi connectivity index (χ3v) is 2.60. The highest BCUT2D eigenvalue weighted by molar-refractivity contribution is 5.92. The molecule has 0 radical (unpaired) electrons. The molecule has 0 bridgehead atoms. The number of carbonyl (C=O) groups excluding carboxylic acids is 1. The van der Waals surface area contributed by atoms with Gasteiger partial charge in [0.2, 0.25) is 5.91 Å². The number of hydrogen-bond donors (Lipinski definition) is 3. The van der Waals surface area contributed by atoms with E-state index in [0.29, 0.717) is 23.1 Å². The Morgan fingerprint density at radius 3 is 2.42 bits per heavy atom. The number of fused-ring (bicyclic) bond motifs is 1. The molecule has 1 heterocycles. The largest absolute Gasteiger partial charge is 0.326 e. The van der Waals surface area contributed by atoms with Crippen molar-refractivity contribution in [2.45, 2.75) is 20.3 Å². The Kier molecular flexibility index (Phi) is 3.50. The van der Waals surface area contributed by atoms with Crippen molar-refractivity contribution in [1.82, 2.24) is 9.97 Å². The Morgan fingerprint density at radius 1 is 1.16 bits per heavy atom. The SMILES string of the molecule is CC(C)CC(=O)Nc1ccc2[nH]c(=O)c(=O)[nH]c2c1. The van der Waals surface area contributed by atoms with Crippen LogP contribution in [-0.4, -0.2) is 15.9 Å². The summed E-state index contributed by atoms with van der Waals surface area (Å²) in [5.41, 5.74) is 0.182. The maximum Gasteiger partial charge on any atom is 0.314 e.